The Morgan fingerprint density at radius 2 is 2.00 bits per heavy atom. The topological polar surface area (TPSA) is 51.4 Å². The van der Waals surface area contributed by atoms with Crippen LogP contribution in [0.25, 0.3) is 0 Å². The zero-order valence-electron chi connectivity index (χ0n) is 10.7. The van der Waals surface area contributed by atoms with Crippen molar-refractivity contribution in [2.24, 2.45) is 5.92 Å². The molecule has 0 aromatic carbocycles. The number of likely N-dealkylation sites (tertiary alicyclic amines) is 1. The van der Waals surface area contributed by atoms with Gasteiger partial charge in [-0.1, -0.05) is 6.07 Å². The van der Waals surface area contributed by atoms with Crippen molar-refractivity contribution in [3.63, 3.8) is 0 Å². The van der Waals surface area contributed by atoms with Gasteiger partial charge in [-0.05, 0) is 37.7 Å². The smallest absolute Gasteiger partial charge is 0.215 e. The summed E-state index contributed by atoms with van der Waals surface area (Å²) in [6.45, 7) is 3.61. The van der Waals surface area contributed by atoms with Crippen molar-refractivity contribution in [2.75, 3.05) is 25.4 Å². The summed E-state index contributed by atoms with van der Waals surface area (Å²) in [7, 11) is 0. The highest BCUT2D eigenvalue weighted by molar-refractivity contribution is 5.31. The van der Waals surface area contributed by atoms with Gasteiger partial charge >= 0.3 is 0 Å². The molecule has 98 valence electrons. The molecule has 4 nitrogen and oxygen atoms in total. The number of nitrogen functional groups attached to an aromatic ring is 1. The lowest BCUT2D eigenvalue weighted by Crippen LogP contribution is -2.39. The van der Waals surface area contributed by atoms with Crippen LogP contribution in [0.1, 0.15) is 25.7 Å². The molecular formula is C14H21N3O. The summed E-state index contributed by atoms with van der Waals surface area (Å²) in [5, 5.41) is 0. The summed E-state index contributed by atoms with van der Waals surface area (Å²) in [6, 6.07) is 5.55. The number of anilines is 1. The predicted molar refractivity (Wildman–Crippen MR) is 71.5 cm³/mol. The molecule has 0 amide bonds. The van der Waals surface area contributed by atoms with E-state index in [9.17, 15) is 0 Å². The van der Waals surface area contributed by atoms with Gasteiger partial charge in [0.2, 0.25) is 5.88 Å². The molecule has 2 heterocycles. The number of nitrogens with zero attached hydrogens (tertiary/aromatic N) is 2. The molecule has 0 atom stereocenters. The van der Waals surface area contributed by atoms with Gasteiger partial charge in [0, 0.05) is 25.7 Å². The Kier molecular flexibility index (Phi) is 3.37. The number of piperidine rings is 1. The third-order valence-electron chi connectivity index (χ3n) is 3.78. The molecule has 0 spiro atoms. The lowest BCUT2D eigenvalue weighted by molar-refractivity contribution is 0.0946. The van der Waals surface area contributed by atoms with Crippen LogP contribution in [0.4, 0.5) is 5.82 Å². The van der Waals surface area contributed by atoms with Gasteiger partial charge in [-0.3, -0.25) is 0 Å². The van der Waals surface area contributed by atoms with Crippen molar-refractivity contribution in [2.45, 2.75) is 31.8 Å². The molecule has 1 aromatic rings. The minimum Gasteiger partial charge on any atom is -0.474 e. The maximum absolute atomic E-state index is 5.89. The Labute approximate surface area is 108 Å². The van der Waals surface area contributed by atoms with Gasteiger partial charge in [0.1, 0.15) is 11.9 Å². The highest BCUT2D eigenvalue weighted by atomic mass is 16.5. The van der Waals surface area contributed by atoms with Crippen molar-refractivity contribution in [1.82, 2.24) is 9.88 Å². The number of hydrogen-bond acceptors (Lipinski definition) is 4. The van der Waals surface area contributed by atoms with Gasteiger partial charge in [0.25, 0.3) is 0 Å². The maximum atomic E-state index is 5.89. The fourth-order valence-corrected chi connectivity index (χ4v) is 2.54. The van der Waals surface area contributed by atoms with E-state index in [1.54, 1.807) is 6.07 Å². The Balaban J connectivity index is 1.47. The normalized spacial score (nSPS) is 22.0. The molecule has 1 saturated heterocycles. The zero-order chi connectivity index (χ0) is 12.4. The number of aromatic nitrogens is 1. The second kappa shape index (κ2) is 5.14. The minimum absolute atomic E-state index is 0.301. The van der Waals surface area contributed by atoms with E-state index in [-0.39, 0.29) is 0 Å². The Morgan fingerprint density at radius 3 is 2.67 bits per heavy atom. The van der Waals surface area contributed by atoms with Crippen LogP contribution in [0.3, 0.4) is 0 Å². The number of pyridine rings is 1. The van der Waals surface area contributed by atoms with Crippen LogP contribution >= 0.6 is 0 Å². The summed E-state index contributed by atoms with van der Waals surface area (Å²) < 4.78 is 5.89. The van der Waals surface area contributed by atoms with Gasteiger partial charge in [-0.2, -0.15) is 4.98 Å². The average molecular weight is 247 g/mol. The monoisotopic (exact) mass is 247 g/mol. The van der Waals surface area contributed by atoms with Crippen molar-refractivity contribution in [3.05, 3.63) is 18.2 Å². The summed E-state index contributed by atoms with van der Waals surface area (Å²) in [5.74, 6) is 2.17. The van der Waals surface area contributed by atoms with Gasteiger partial charge in [0.05, 0.1) is 0 Å². The molecule has 0 bridgehead atoms. The molecule has 1 saturated carbocycles. The first-order chi connectivity index (χ1) is 8.79. The van der Waals surface area contributed by atoms with Crippen LogP contribution in [0.2, 0.25) is 0 Å². The molecule has 3 rings (SSSR count). The molecule has 1 aliphatic carbocycles. The van der Waals surface area contributed by atoms with Crippen molar-refractivity contribution in [1.29, 1.82) is 0 Å². The molecule has 4 heteroatoms. The maximum Gasteiger partial charge on any atom is 0.215 e. The number of rotatable bonds is 4. The van der Waals surface area contributed by atoms with Gasteiger partial charge in [-0.25, -0.2) is 0 Å². The summed E-state index contributed by atoms with van der Waals surface area (Å²) >= 11 is 0. The van der Waals surface area contributed by atoms with Crippen LogP contribution in [-0.2, 0) is 0 Å². The lowest BCUT2D eigenvalue weighted by atomic mass is 10.1. The Hall–Kier alpha value is -1.29. The third kappa shape index (κ3) is 3.13. The number of ether oxygens (including phenoxy) is 1. The fraction of sp³-hybridized carbons (Fsp3) is 0.643. The van der Waals surface area contributed by atoms with Gasteiger partial charge < -0.3 is 15.4 Å². The van der Waals surface area contributed by atoms with E-state index < -0.39 is 0 Å². The molecule has 0 radical (unpaired) electrons. The van der Waals surface area contributed by atoms with Crippen LogP contribution in [0.5, 0.6) is 5.88 Å². The molecule has 2 N–H and O–H groups in total. The Morgan fingerprint density at radius 1 is 1.22 bits per heavy atom. The van der Waals surface area contributed by atoms with E-state index in [0.717, 1.165) is 31.8 Å². The molecular weight excluding hydrogens is 226 g/mol. The first kappa shape index (κ1) is 11.8. The van der Waals surface area contributed by atoms with Crippen molar-refractivity contribution >= 4 is 5.82 Å². The molecule has 1 aliphatic heterocycles. The third-order valence-corrected chi connectivity index (χ3v) is 3.78. The quantitative estimate of drug-likeness (QED) is 0.883. The fourth-order valence-electron chi connectivity index (χ4n) is 2.54. The van der Waals surface area contributed by atoms with E-state index in [1.165, 1.54) is 19.4 Å². The summed E-state index contributed by atoms with van der Waals surface area (Å²) in [4.78, 5) is 6.76. The average Bonchev–Trinajstić information content (AvgIpc) is 3.16. The van der Waals surface area contributed by atoms with Crippen molar-refractivity contribution in [3.8, 4) is 5.88 Å². The van der Waals surface area contributed by atoms with E-state index in [1.807, 2.05) is 12.1 Å². The largest absolute Gasteiger partial charge is 0.474 e. The van der Waals surface area contributed by atoms with Gasteiger partial charge in [0.15, 0.2) is 0 Å². The minimum atomic E-state index is 0.301. The van der Waals surface area contributed by atoms with Crippen molar-refractivity contribution < 1.29 is 4.74 Å². The molecule has 2 aliphatic rings. The first-order valence-corrected chi connectivity index (χ1v) is 6.91. The van der Waals surface area contributed by atoms with Crippen LogP contribution in [0.15, 0.2) is 18.2 Å². The number of nitrogens with two attached hydrogens (primary N) is 1. The lowest BCUT2D eigenvalue weighted by Gasteiger charge is -2.31. The Bertz CT molecular complexity index is 398. The SMILES string of the molecule is Nc1cccc(OC2CCN(CC3CC3)CC2)n1. The van der Waals surface area contributed by atoms with E-state index in [0.29, 0.717) is 17.8 Å². The van der Waals surface area contributed by atoms with Crippen LogP contribution < -0.4 is 10.5 Å². The molecule has 18 heavy (non-hydrogen) atoms. The zero-order valence-corrected chi connectivity index (χ0v) is 10.7. The standard InChI is InChI=1S/C14H21N3O/c15-13-2-1-3-14(16-13)18-12-6-8-17(9-7-12)10-11-4-5-11/h1-3,11-12H,4-10H2,(H2,15,16). The van der Waals surface area contributed by atoms with E-state index >= 15 is 0 Å². The summed E-state index contributed by atoms with van der Waals surface area (Å²) in [6.07, 6.45) is 5.37. The molecule has 0 unspecified atom stereocenters. The van der Waals surface area contributed by atoms with Crippen LogP contribution in [-0.4, -0.2) is 35.6 Å². The second-order valence-electron chi connectivity index (χ2n) is 5.46. The van der Waals surface area contributed by atoms with E-state index in [4.69, 9.17) is 10.5 Å². The molecule has 1 aromatic heterocycles. The highest BCUT2D eigenvalue weighted by Crippen LogP contribution is 2.30. The number of hydrogen-bond donors (Lipinski definition) is 1. The van der Waals surface area contributed by atoms with Gasteiger partial charge in [-0.15, -0.1) is 0 Å². The first-order valence-electron chi connectivity index (χ1n) is 6.91. The van der Waals surface area contributed by atoms with E-state index in [2.05, 4.69) is 9.88 Å². The molecule has 2 fully saturated rings. The second-order valence-corrected chi connectivity index (χ2v) is 5.46. The highest BCUT2D eigenvalue weighted by Gasteiger charge is 2.27. The van der Waals surface area contributed by atoms with Crippen LogP contribution in [0, 0.1) is 5.92 Å². The summed E-state index contributed by atoms with van der Waals surface area (Å²) in [5.41, 5.74) is 5.65. The predicted octanol–water partition coefficient (Wildman–Crippen LogP) is 1.92.